The molecule has 112 valence electrons. The maximum Gasteiger partial charge on any atom is 0.218 e. The number of benzene rings is 1. The molecular formula is C14H21BrN2O2S. The maximum absolute atomic E-state index is 12.5. The molecule has 0 radical (unpaired) electrons. The Labute approximate surface area is 129 Å². The molecule has 0 unspecified atom stereocenters. The standard InChI is InChI=1S/C14H21BrN2O2S/c1-11(16)13-3-2-8-17(9-13)20(18,19)10-12-4-6-14(15)7-5-12/h4-7,11,13H,2-3,8-10,16H2,1H3/t11-,13+/m1/s1. The lowest BCUT2D eigenvalue weighted by molar-refractivity contribution is 0.243. The maximum atomic E-state index is 12.5. The molecule has 0 saturated carbocycles. The van der Waals surface area contributed by atoms with Crippen LogP contribution in [-0.4, -0.2) is 31.9 Å². The number of nitrogens with zero attached hydrogens (tertiary/aromatic N) is 1. The number of sulfonamides is 1. The molecule has 6 heteroatoms. The molecule has 2 rings (SSSR count). The van der Waals surface area contributed by atoms with E-state index in [4.69, 9.17) is 5.73 Å². The van der Waals surface area contributed by atoms with Crippen LogP contribution < -0.4 is 5.73 Å². The summed E-state index contributed by atoms with van der Waals surface area (Å²) in [5.41, 5.74) is 6.73. The first-order valence-electron chi connectivity index (χ1n) is 6.86. The van der Waals surface area contributed by atoms with Crippen LogP contribution in [0.2, 0.25) is 0 Å². The first-order chi connectivity index (χ1) is 9.38. The van der Waals surface area contributed by atoms with E-state index in [2.05, 4.69) is 15.9 Å². The SMILES string of the molecule is C[C@@H](N)[C@H]1CCCN(S(=O)(=O)Cc2ccc(Br)cc2)C1. The van der Waals surface area contributed by atoms with E-state index in [0.717, 1.165) is 22.9 Å². The van der Waals surface area contributed by atoms with E-state index < -0.39 is 10.0 Å². The van der Waals surface area contributed by atoms with Crippen molar-refractivity contribution in [2.75, 3.05) is 13.1 Å². The summed E-state index contributed by atoms with van der Waals surface area (Å²) in [6.45, 7) is 3.12. The smallest absolute Gasteiger partial charge is 0.218 e. The van der Waals surface area contributed by atoms with Gasteiger partial charge in [0.2, 0.25) is 10.0 Å². The van der Waals surface area contributed by atoms with Crippen molar-refractivity contribution in [1.29, 1.82) is 0 Å². The molecule has 0 amide bonds. The fourth-order valence-corrected chi connectivity index (χ4v) is 4.42. The van der Waals surface area contributed by atoms with E-state index in [9.17, 15) is 8.42 Å². The van der Waals surface area contributed by atoms with Gasteiger partial charge in [-0.25, -0.2) is 12.7 Å². The lowest BCUT2D eigenvalue weighted by Crippen LogP contribution is -2.45. The van der Waals surface area contributed by atoms with E-state index in [-0.39, 0.29) is 17.7 Å². The summed E-state index contributed by atoms with van der Waals surface area (Å²) in [5, 5.41) is 0. The minimum atomic E-state index is -3.25. The number of halogens is 1. The zero-order valence-corrected chi connectivity index (χ0v) is 14.0. The van der Waals surface area contributed by atoms with Crippen molar-refractivity contribution in [2.24, 2.45) is 11.7 Å². The molecule has 1 heterocycles. The highest BCUT2D eigenvalue weighted by Gasteiger charge is 2.30. The Bertz CT molecular complexity index is 543. The van der Waals surface area contributed by atoms with Crippen molar-refractivity contribution in [3.05, 3.63) is 34.3 Å². The van der Waals surface area contributed by atoms with E-state index in [1.807, 2.05) is 31.2 Å². The predicted octanol–water partition coefficient (Wildman–Crippen LogP) is 2.34. The summed E-state index contributed by atoms with van der Waals surface area (Å²) < 4.78 is 27.5. The van der Waals surface area contributed by atoms with Crippen LogP contribution in [0.1, 0.15) is 25.3 Å². The van der Waals surface area contributed by atoms with Crippen molar-refractivity contribution in [2.45, 2.75) is 31.6 Å². The molecule has 1 aromatic carbocycles. The van der Waals surface area contributed by atoms with Crippen LogP contribution in [0.3, 0.4) is 0 Å². The third-order valence-corrected chi connectivity index (χ3v) is 6.17. The average Bonchev–Trinajstić information content (AvgIpc) is 2.41. The van der Waals surface area contributed by atoms with Crippen molar-refractivity contribution in [3.63, 3.8) is 0 Å². The molecule has 2 N–H and O–H groups in total. The lowest BCUT2D eigenvalue weighted by atomic mass is 9.93. The van der Waals surface area contributed by atoms with Gasteiger partial charge in [0.1, 0.15) is 0 Å². The van der Waals surface area contributed by atoms with Crippen LogP contribution in [0.5, 0.6) is 0 Å². The van der Waals surface area contributed by atoms with E-state index >= 15 is 0 Å². The van der Waals surface area contributed by atoms with Crippen LogP contribution in [0, 0.1) is 5.92 Å². The number of nitrogens with two attached hydrogens (primary N) is 1. The summed E-state index contributed by atoms with van der Waals surface area (Å²) in [5.74, 6) is 0.329. The Hall–Kier alpha value is -0.430. The Morgan fingerprint density at radius 2 is 2.05 bits per heavy atom. The summed E-state index contributed by atoms with van der Waals surface area (Å²) in [6.07, 6.45) is 1.91. The van der Waals surface area contributed by atoms with Gasteiger partial charge in [-0.15, -0.1) is 0 Å². The van der Waals surface area contributed by atoms with Crippen LogP contribution in [0.15, 0.2) is 28.7 Å². The van der Waals surface area contributed by atoms with Crippen molar-refractivity contribution in [1.82, 2.24) is 4.31 Å². The Kier molecular flexibility index (Phi) is 5.23. The lowest BCUT2D eigenvalue weighted by Gasteiger charge is -2.33. The molecule has 1 aliphatic heterocycles. The van der Waals surface area contributed by atoms with Gasteiger partial charge in [-0.1, -0.05) is 28.1 Å². The summed E-state index contributed by atoms with van der Waals surface area (Å²) in [6, 6.07) is 7.46. The summed E-state index contributed by atoms with van der Waals surface area (Å²) >= 11 is 3.35. The second-order valence-corrected chi connectivity index (χ2v) is 8.39. The normalized spacial score (nSPS) is 22.6. The summed E-state index contributed by atoms with van der Waals surface area (Å²) in [7, 11) is -3.25. The minimum Gasteiger partial charge on any atom is -0.328 e. The fourth-order valence-electron chi connectivity index (χ4n) is 2.54. The van der Waals surface area contributed by atoms with Crippen LogP contribution in [0.25, 0.3) is 0 Å². The minimum absolute atomic E-state index is 0.0423. The number of hydrogen-bond donors (Lipinski definition) is 1. The molecule has 20 heavy (non-hydrogen) atoms. The monoisotopic (exact) mass is 360 g/mol. The van der Waals surface area contributed by atoms with E-state index in [1.165, 1.54) is 0 Å². The van der Waals surface area contributed by atoms with Crippen molar-refractivity contribution in [3.8, 4) is 0 Å². The predicted molar refractivity (Wildman–Crippen MR) is 84.7 cm³/mol. The van der Waals surface area contributed by atoms with Gasteiger partial charge >= 0.3 is 0 Å². The van der Waals surface area contributed by atoms with E-state index in [1.54, 1.807) is 4.31 Å². The molecule has 1 fully saturated rings. The van der Waals surface area contributed by atoms with Gasteiger partial charge in [0.05, 0.1) is 5.75 Å². The van der Waals surface area contributed by atoms with Crippen LogP contribution in [0.4, 0.5) is 0 Å². The zero-order chi connectivity index (χ0) is 14.8. The Morgan fingerprint density at radius 1 is 1.40 bits per heavy atom. The van der Waals surface area contributed by atoms with Gasteiger partial charge in [0, 0.05) is 23.6 Å². The van der Waals surface area contributed by atoms with Crippen LogP contribution >= 0.6 is 15.9 Å². The quantitative estimate of drug-likeness (QED) is 0.895. The highest BCUT2D eigenvalue weighted by atomic mass is 79.9. The second kappa shape index (κ2) is 6.56. The van der Waals surface area contributed by atoms with Gasteiger partial charge in [-0.3, -0.25) is 0 Å². The van der Waals surface area contributed by atoms with Gasteiger partial charge in [0.15, 0.2) is 0 Å². The highest BCUT2D eigenvalue weighted by molar-refractivity contribution is 9.10. The van der Waals surface area contributed by atoms with Crippen molar-refractivity contribution >= 4 is 26.0 Å². The number of piperidine rings is 1. The molecule has 0 spiro atoms. The molecule has 1 saturated heterocycles. The molecule has 1 aliphatic rings. The Morgan fingerprint density at radius 3 is 2.65 bits per heavy atom. The molecule has 1 aromatic rings. The van der Waals surface area contributed by atoms with Gasteiger partial charge in [-0.2, -0.15) is 0 Å². The van der Waals surface area contributed by atoms with Gasteiger partial charge in [-0.05, 0) is 43.4 Å². The largest absolute Gasteiger partial charge is 0.328 e. The van der Waals surface area contributed by atoms with Crippen LogP contribution in [-0.2, 0) is 15.8 Å². The zero-order valence-electron chi connectivity index (χ0n) is 11.6. The molecule has 0 bridgehead atoms. The number of hydrogen-bond acceptors (Lipinski definition) is 3. The van der Waals surface area contributed by atoms with Crippen molar-refractivity contribution < 1.29 is 8.42 Å². The first-order valence-corrected chi connectivity index (χ1v) is 9.26. The van der Waals surface area contributed by atoms with Gasteiger partial charge < -0.3 is 5.73 Å². The molecule has 0 aliphatic carbocycles. The van der Waals surface area contributed by atoms with E-state index in [0.29, 0.717) is 13.1 Å². The molecule has 4 nitrogen and oxygen atoms in total. The summed E-state index contributed by atoms with van der Waals surface area (Å²) in [4.78, 5) is 0. The molecular weight excluding hydrogens is 340 g/mol. The average molecular weight is 361 g/mol. The topological polar surface area (TPSA) is 63.4 Å². The third kappa shape index (κ3) is 4.04. The molecule has 0 aromatic heterocycles. The fraction of sp³-hybridized carbons (Fsp3) is 0.571. The first kappa shape index (κ1) is 15.9. The second-order valence-electron chi connectivity index (χ2n) is 5.50. The third-order valence-electron chi connectivity index (χ3n) is 3.82. The highest BCUT2D eigenvalue weighted by Crippen LogP contribution is 2.23. The number of rotatable bonds is 4. The Balaban J connectivity index is 2.08. The van der Waals surface area contributed by atoms with Gasteiger partial charge in [0.25, 0.3) is 0 Å². The molecule has 2 atom stereocenters.